The number of hydrogen-bond acceptors (Lipinski definition) is 3. The number of hydrogen-bond donors (Lipinski definition) is 0. The molecule has 0 spiro atoms. The van der Waals surface area contributed by atoms with Crippen molar-refractivity contribution in [1.82, 2.24) is 0 Å². The number of methoxy groups -OCH3 is 1. The van der Waals surface area contributed by atoms with E-state index in [0.29, 0.717) is 22.1 Å². The lowest BCUT2D eigenvalue weighted by Crippen LogP contribution is -1.99. The van der Waals surface area contributed by atoms with Gasteiger partial charge in [-0.3, -0.25) is 4.79 Å². The predicted octanol–water partition coefficient (Wildman–Crippen LogP) is 4.85. The van der Waals surface area contributed by atoms with Crippen molar-refractivity contribution in [2.45, 2.75) is 6.61 Å². The number of halogens is 3. The smallest absolute Gasteiger partial charge is 0.245 e. The highest BCUT2D eigenvalue weighted by atomic mass is 35.5. The molecule has 2 aromatic rings. The summed E-state index contributed by atoms with van der Waals surface area (Å²) in [4.78, 5) is 10.7. The fourth-order valence-corrected chi connectivity index (χ4v) is 2.15. The van der Waals surface area contributed by atoms with Crippen molar-refractivity contribution in [2.24, 2.45) is 0 Å². The highest BCUT2D eigenvalue weighted by molar-refractivity contribution is 6.66. The Hall–Kier alpha value is -2.04. The molecular formula is C17H13Cl2FO3. The van der Waals surface area contributed by atoms with Crippen molar-refractivity contribution in [3.8, 4) is 11.5 Å². The zero-order chi connectivity index (χ0) is 16.8. The maximum Gasteiger partial charge on any atom is 0.245 e. The molecule has 3 nitrogen and oxygen atoms in total. The molecule has 0 saturated carbocycles. The molecule has 6 heteroatoms. The normalized spacial score (nSPS) is 10.8. The molecule has 0 fully saturated rings. The van der Waals surface area contributed by atoms with Crippen LogP contribution in [0.2, 0.25) is 5.02 Å². The van der Waals surface area contributed by atoms with E-state index in [1.807, 2.05) is 0 Å². The number of rotatable bonds is 6. The second-order valence-corrected chi connectivity index (χ2v) is 5.35. The Labute approximate surface area is 143 Å². The first-order valence-electron chi connectivity index (χ1n) is 6.62. The van der Waals surface area contributed by atoms with Crippen molar-refractivity contribution in [3.05, 3.63) is 64.4 Å². The maximum atomic E-state index is 13.0. The summed E-state index contributed by atoms with van der Waals surface area (Å²) in [6.07, 6.45) is 2.81. The summed E-state index contributed by atoms with van der Waals surface area (Å²) in [5.41, 5.74) is 1.40. The lowest BCUT2D eigenvalue weighted by Gasteiger charge is -2.12. The molecule has 0 N–H and O–H groups in total. The first-order valence-corrected chi connectivity index (χ1v) is 7.37. The Morgan fingerprint density at radius 1 is 1.22 bits per heavy atom. The van der Waals surface area contributed by atoms with Crippen LogP contribution < -0.4 is 9.47 Å². The third-order valence-electron chi connectivity index (χ3n) is 2.99. The van der Waals surface area contributed by atoms with E-state index in [0.717, 1.165) is 5.56 Å². The minimum Gasteiger partial charge on any atom is -0.493 e. The van der Waals surface area contributed by atoms with Gasteiger partial charge in [-0.1, -0.05) is 29.8 Å². The Balaban J connectivity index is 2.14. The van der Waals surface area contributed by atoms with Crippen molar-refractivity contribution in [1.29, 1.82) is 0 Å². The minimum absolute atomic E-state index is 0.171. The monoisotopic (exact) mass is 354 g/mol. The lowest BCUT2D eigenvalue weighted by molar-refractivity contribution is -0.107. The summed E-state index contributed by atoms with van der Waals surface area (Å²) < 4.78 is 23.9. The molecular weight excluding hydrogens is 342 g/mol. The van der Waals surface area contributed by atoms with Gasteiger partial charge in [0.25, 0.3) is 0 Å². The fraction of sp³-hybridized carbons (Fsp3) is 0.118. The Kier molecular flexibility index (Phi) is 6.02. The SMILES string of the molecule is COc1cc(/C=C/C(=O)Cl)ccc1OCc1ccc(F)cc1Cl. The number of carbonyl (C=O) groups excluding carboxylic acids is 1. The topological polar surface area (TPSA) is 35.5 Å². The Morgan fingerprint density at radius 2 is 2.00 bits per heavy atom. The van der Waals surface area contributed by atoms with Gasteiger partial charge in [0, 0.05) is 5.56 Å². The molecule has 0 aliphatic rings. The maximum absolute atomic E-state index is 13.0. The average molecular weight is 355 g/mol. The van der Waals surface area contributed by atoms with Crippen molar-refractivity contribution in [3.63, 3.8) is 0 Å². The third-order valence-corrected chi connectivity index (χ3v) is 3.47. The van der Waals surface area contributed by atoms with Gasteiger partial charge in [0.15, 0.2) is 11.5 Å². The van der Waals surface area contributed by atoms with E-state index >= 15 is 0 Å². The molecule has 0 atom stereocenters. The first-order chi connectivity index (χ1) is 11.0. The van der Waals surface area contributed by atoms with Crippen LogP contribution in [0, 0.1) is 5.82 Å². The van der Waals surface area contributed by atoms with Crippen LogP contribution in [-0.4, -0.2) is 12.4 Å². The van der Waals surface area contributed by atoms with Crippen molar-refractivity contribution < 1.29 is 18.7 Å². The molecule has 120 valence electrons. The Bertz CT molecular complexity index is 745. The van der Waals surface area contributed by atoms with Crippen LogP contribution in [0.25, 0.3) is 6.08 Å². The number of benzene rings is 2. The van der Waals surface area contributed by atoms with E-state index in [-0.39, 0.29) is 6.61 Å². The quantitative estimate of drug-likeness (QED) is 0.549. The highest BCUT2D eigenvalue weighted by Crippen LogP contribution is 2.30. The van der Waals surface area contributed by atoms with Gasteiger partial charge in [0.05, 0.1) is 12.1 Å². The van der Waals surface area contributed by atoms with Gasteiger partial charge < -0.3 is 9.47 Å². The van der Waals surface area contributed by atoms with Gasteiger partial charge in [-0.15, -0.1) is 0 Å². The molecule has 0 aliphatic carbocycles. The molecule has 0 aliphatic heterocycles. The van der Waals surface area contributed by atoms with Crippen LogP contribution in [0.1, 0.15) is 11.1 Å². The molecule has 0 saturated heterocycles. The van der Waals surface area contributed by atoms with Crippen LogP contribution in [-0.2, 0) is 11.4 Å². The van der Waals surface area contributed by atoms with Crippen molar-refractivity contribution >= 4 is 34.5 Å². The fourth-order valence-electron chi connectivity index (χ4n) is 1.86. The third kappa shape index (κ3) is 4.98. The summed E-state index contributed by atoms with van der Waals surface area (Å²) >= 11 is 11.2. The van der Waals surface area contributed by atoms with E-state index in [4.69, 9.17) is 32.7 Å². The zero-order valence-electron chi connectivity index (χ0n) is 12.2. The van der Waals surface area contributed by atoms with E-state index in [2.05, 4.69) is 0 Å². The average Bonchev–Trinajstić information content (AvgIpc) is 2.52. The van der Waals surface area contributed by atoms with Crippen LogP contribution in [0.15, 0.2) is 42.5 Å². The zero-order valence-corrected chi connectivity index (χ0v) is 13.7. The highest BCUT2D eigenvalue weighted by Gasteiger charge is 2.08. The van der Waals surface area contributed by atoms with Crippen molar-refractivity contribution in [2.75, 3.05) is 7.11 Å². The summed E-state index contributed by atoms with van der Waals surface area (Å²) in [5, 5.41) is -0.264. The minimum atomic E-state index is -0.560. The number of allylic oxidation sites excluding steroid dienone is 1. The summed E-state index contributed by atoms with van der Waals surface area (Å²) in [6.45, 7) is 0.171. The van der Waals surface area contributed by atoms with E-state index in [1.54, 1.807) is 30.3 Å². The Morgan fingerprint density at radius 3 is 2.65 bits per heavy atom. The first kappa shape index (κ1) is 17.3. The van der Waals surface area contributed by atoms with Gasteiger partial charge in [-0.05, 0) is 47.5 Å². The van der Waals surface area contributed by atoms with E-state index in [9.17, 15) is 9.18 Å². The standard InChI is InChI=1S/C17H13Cl2FO3/c1-22-16-8-11(3-7-17(19)21)2-6-15(16)23-10-12-4-5-13(20)9-14(12)18/h2-9H,10H2,1H3/b7-3+. The van der Waals surface area contributed by atoms with E-state index in [1.165, 1.54) is 25.3 Å². The van der Waals surface area contributed by atoms with Gasteiger partial charge >= 0.3 is 0 Å². The molecule has 0 unspecified atom stereocenters. The van der Waals surface area contributed by atoms with E-state index < -0.39 is 11.1 Å². The molecule has 2 aromatic carbocycles. The number of ether oxygens (including phenoxy) is 2. The molecule has 2 rings (SSSR count). The molecule has 0 amide bonds. The predicted molar refractivity (Wildman–Crippen MR) is 88.6 cm³/mol. The molecule has 0 bridgehead atoms. The van der Waals surface area contributed by atoms with Gasteiger partial charge in [0.2, 0.25) is 5.24 Å². The van der Waals surface area contributed by atoms with Gasteiger partial charge in [-0.25, -0.2) is 4.39 Å². The summed E-state index contributed by atoms with van der Waals surface area (Å²) in [6, 6.07) is 9.27. The lowest BCUT2D eigenvalue weighted by atomic mass is 10.2. The second-order valence-electron chi connectivity index (χ2n) is 4.57. The molecule has 23 heavy (non-hydrogen) atoms. The van der Waals surface area contributed by atoms with Crippen LogP contribution >= 0.6 is 23.2 Å². The van der Waals surface area contributed by atoms with Crippen LogP contribution in [0.4, 0.5) is 4.39 Å². The van der Waals surface area contributed by atoms with Gasteiger partial charge in [0.1, 0.15) is 12.4 Å². The molecule has 0 radical (unpaired) electrons. The summed E-state index contributed by atoms with van der Waals surface area (Å²) in [7, 11) is 1.51. The molecule has 0 heterocycles. The van der Waals surface area contributed by atoms with Crippen LogP contribution in [0.3, 0.4) is 0 Å². The number of carbonyl (C=O) groups is 1. The van der Waals surface area contributed by atoms with Crippen LogP contribution in [0.5, 0.6) is 11.5 Å². The van der Waals surface area contributed by atoms with Gasteiger partial charge in [-0.2, -0.15) is 0 Å². The summed E-state index contributed by atoms with van der Waals surface area (Å²) in [5.74, 6) is 0.593. The largest absolute Gasteiger partial charge is 0.493 e. The molecule has 0 aromatic heterocycles. The second kappa shape index (κ2) is 7.99.